The minimum atomic E-state index is 0.485. The van der Waals surface area contributed by atoms with Crippen LogP contribution in [0.3, 0.4) is 0 Å². The molecule has 0 saturated carbocycles. The van der Waals surface area contributed by atoms with Crippen molar-refractivity contribution >= 4 is 19.7 Å². The van der Waals surface area contributed by atoms with Crippen molar-refractivity contribution in [3.8, 4) is 0 Å². The van der Waals surface area contributed by atoms with Crippen molar-refractivity contribution in [1.29, 1.82) is 0 Å². The Morgan fingerprint density at radius 3 is 2.82 bits per heavy atom. The van der Waals surface area contributed by atoms with Crippen LogP contribution in [0, 0.1) is 0 Å². The van der Waals surface area contributed by atoms with Crippen LogP contribution in [0.2, 0.25) is 4.82 Å². The average Bonchev–Trinajstić information content (AvgIpc) is 2.26. The topological polar surface area (TPSA) is 38.4 Å². The maximum absolute atomic E-state index is 5.67. The Kier molecular flexibility index (Phi) is 3.41. The van der Waals surface area contributed by atoms with Crippen molar-refractivity contribution in [3.63, 3.8) is 0 Å². The fourth-order valence-corrected chi connectivity index (χ4v) is 3.23. The molecule has 1 heterocycles. The van der Waals surface area contributed by atoms with Crippen LogP contribution in [0.25, 0.3) is 0 Å². The van der Waals surface area contributed by atoms with Crippen molar-refractivity contribution in [2.75, 3.05) is 0 Å². The molecule has 2 nitrogen and oxygen atoms in total. The van der Waals surface area contributed by atoms with Gasteiger partial charge >= 0.3 is 74.4 Å². The molecule has 0 radical (unpaired) electrons. The standard InChI is InChI=1S/C8H16N2Se/c1-3-4-5-7-6(2)11-8(9)10-7/h6-7H,3-5H2,1-2H3,(H2,9,10)/t6-,7-/m0/s1. The van der Waals surface area contributed by atoms with Crippen molar-refractivity contribution in [2.24, 2.45) is 10.7 Å². The van der Waals surface area contributed by atoms with Gasteiger partial charge in [0, 0.05) is 0 Å². The summed E-state index contributed by atoms with van der Waals surface area (Å²) in [6.45, 7) is 4.49. The van der Waals surface area contributed by atoms with E-state index in [2.05, 4.69) is 18.8 Å². The number of amidine groups is 1. The fraction of sp³-hybridized carbons (Fsp3) is 0.875. The van der Waals surface area contributed by atoms with Gasteiger partial charge in [0.25, 0.3) is 0 Å². The summed E-state index contributed by atoms with van der Waals surface area (Å²) in [6.07, 6.45) is 3.80. The van der Waals surface area contributed by atoms with Crippen molar-refractivity contribution < 1.29 is 0 Å². The molecule has 64 valence electrons. The third-order valence-electron chi connectivity index (χ3n) is 2.00. The van der Waals surface area contributed by atoms with E-state index in [-0.39, 0.29) is 0 Å². The third-order valence-corrected chi connectivity index (χ3v) is 4.16. The molecule has 1 aliphatic heterocycles. The number of hydrogen-bond acceptors (Lipinski definition) is 2. The van der Waals surface area contributed by atoms with Gasteiger partial charge in [0.1, 0.15) is 0 Å². The van der Waals surface area contributed by atoms with Gasteiger partial charge in [0.2, 0.25) is 0 Å². The summed E-state index contributed by atoms with van der Waals surface area (Å²) in [6, 6.07) is 0.551. The molecule has 2 atom stereocenters. The van der Waals surface area contributed by atoms with Crippen LogP contribution in [0.1, 0.15) is 33.1 Å². The first kappa shape index (κ1) is 9.08. The SMILES string of the molecule is CCCC[C@@H]1N=C(N)[Se][C@H]1C. The summed E-state index contributed by atoms with van der Waals surface area (Å²) >= 11 is 0.485. The quantitative estimate of drug-likeness (QED) is 0.715. The van der Waals surface area contributed by atoms with Crippen LogP contribution in [0.15, 0.2) is 4.99 Å². The Bertz CT molecular complexity index is 156. The van der Waals surface area contributed by atoms with Gasteiger partial charge in [-0.2, -0.15) is 0 Å². The second-order valence-corrected chi connectivity index (χ2v) is 5.93. The van der Waals surface area contributed by atoms with Crippen LogP contribution < -0.4 is 5.73 Å². The second kappa shape index (κ2) is 4.12. The van der Waals surface area contributed by atoms with Gasteiger partial charge < -0.3 is 0 Å². The van der Waals surface area contributed by atoms with E-state index in [1.807, 2.05) is 0 Å². The molecule has 0 unspecified atom stereocenters. The molecule has 3 heteroatoms. The Labute approximate surface area is 74.8 Å². The molecule has 0 aromatic heterocycles. The Hall–Kier alpha value is -0.0105. The predicted octanol–water partition coefficient (Wildman–Crippen LogP) is 1.39. The number of unbranched alkanes of at least 4 members (excludes halogenated alkanes) is 1. The van der Waals surface area contributed by atoms with Gasteiger partial charge in [-0.05, 0) is 0 Å². The third kappa shape index (κ3) is 2.49. The van der Waals surface area contributed by atoms with E-state index in [0.29, 0.717) is 21.0 Å². The van der Waals surface area contributed by atoms with Crippen molar-refractivity contribution in [2.45, 2.75) is 44.0 Å². The van der Waals surface area contributed by atoms with E-state index in [9.17, 15) is 0 Å². The molecule has 0 aromatic carbocycles. The summed E-state index contributed by atoms with van der Waals surface area (Å²) in [7, 11) is 0. The van der Waals surface area contributed by atoms with E-state index in [4.69, 9.17) is 5.73 Å². The first-order valence-corrected chi connectivity index (χ1v) is 6.08. The van der Waals surface area contributed by atoms with Crippen LogP contribution in [-0.4, -0.2) is 25.7 Å². The zero-order chi connectivity index (χ0) is 8.27. The Morgan fingerprint density at radius 1 is 1.64 bits per heavy atom. The molecule has 0 amide bonds. The molecular formula is C8H16N2Se. The van der Waals surface area contributed by atoms with E-state index in [1.54, 1.807) is 0 Å². The van der Waals surface area contributed by atoms with Crippen LogP contribution in [0.4, 0.5) is 0 Å². The molecule has 0 spiro atoms. The molecule has 0 aromatic rings. The molecule has 1 aliphatic rings. The van der Waals surface area contributed by atoms with Crippen LogP contribution >= 0.6 is 0 Å². The maximum atomic E-state index is 5.67. The molecule has 1 rings (SSSR count). The first-order chi connectivity index (χ1) is 5.24. The molecule has 0 aliphatic carbocycles. The number of aliphatic imine (C=N–C) groups is 1. The van der Waals surface area contributed by atoms with Gasteiger partial charge in [-0.15, -0.1) is 0 Å². The number of hydrogen-bond donors (Lipinski definition) is 1. The number of rotatable bonds is 3. The molecule has 0 bridgehead atoms. The molecule has 0 fully saturated rings. The monoisotopic (exact) mass is 220 g/mol. The zero-order valence-electron chi connectivity index (χ0n) is 7.21. The van der Waals surface area contributed by atoms with Gasteiger partial charge in [0.05, 0.1) is 0 Å². The summed E-state index contributed by atoms with van der Waals surface area (Å²) in [4.78, 5) is 5.17. The van der Waals surface area contributed by atoms with Crippen molar-refractivity contribution in [3.05, 3.63) is 0 Å². The van der Waals surface area contributed by atoms with Gasteiger partial charge in [-0.1, -0.05) is 0 Å². The van der Waals surface area contributed by atoms with Gasteiger partial charge in [-0.3, -0.25) is 0 Å². The summed E-state index contributed by atoms with van der Waals surface area (Å²) in [5.41, 5.74) is 5.67. The molecular weight excluding hydrogens is 203 g/mol. The average molecular weight is 219 g/mol. The molecule has 0 saturated heterocycles. The number of nitrogens with zero attached hydrogens (tertiary/aromatic N) is 1. The second-order valence-electron chi connectivity index (χ2n) is 3.00. The Balaban J connectivity index is 2.33. The summed E-state index contributed by atoms with van der Waals surface area (Å²) in [5, 5.41) is 0. The molecule has 2 N–H and O–H groups in total. The van der Waals surface area contributed by atoms with Gasteiger partial charge in [0.15, 0.2) is 0 Å². The van der Waals surface area contributed by atoms with E-state index in [1.165, 1.54) is 19.3 Å². The van der Waals surface area contributed by atoms with E-state index >= 15 is 0 Å². The molecule has 11 heavy (non-hydrogen) atoms. The predicted molar refractivity (Wildman–Crippen MR) is 50.1 cm³/mol. The fourth-order valence-electron chi connectivity index (χ4n) is 1.28. The van der Waals surface area contributed by atoms with Crippen molar-refractivity contribution in [1.82, 2.24) is 0 Å². The van der Waals surface area contributed by atoms with E-state index in [0.717, 1.165) is 9.55 Å². The normalized spacial score (nSPS) is 30.5. The van der Waals surface area contributed by atoms with Gasteiger partial charge in [-0.25, -0.2) is 0 Å². The summed E-state index contributed by atoms with van der Waals surface area (Å²) in [5.74, 6) is 0. The van der Waals surface area contributed by atoms with E-state index < -0.39 is 0 Å². The minimum absolute atomic E-state index is 0.485. The number of nitrogens with two attached hydrogens (primary N) is 1. The first-order valence-electron chi connectivity index (χ1n) is 4.24. The summed E-state index contributed by atoms with van der Waals surface area (Å²) < 4.78 is 0.922. The van der Waals surface area contributed by atoms with Crippen LogP contribution in [-0.2, 0) is 0 Å². The zero-order valence-corrected chi connectivity index (χ0v) is 8.92. The Morgan fingerprint density at radius 2 is 2.36 bits per heavy atom. The van der Waals surface area contributed by atoms with Crippen LogP contribution in [0.5, 0.6) is 0 Å².